The fourth-order valence-corrected chi connectivity index (χ4v) is 3.50. The molecule has 0 fully saturated rings. The summed E-state index contributed by atoms with van der Waals surface area (Å²) in [5.74, 6) is -1.16. The average molecular weight is 434 g/mol. The molecule has 0 saturated carbocycles. The SMILES string of the molecule is CCOC(=O)[C@H](C)CC(Cc1ccc(-c2ccccc2)cc1)NC(=O)c1cc(=O)[nH]cn1. The van der Waals surface area contributed by atoms with Crippen molar-refractivity contribution < 1.29 is 14.3 Å². The smallest absolute Gasteiger partial charge is 0.308 e. The maximum Gasteiger partial charge on any atom is 0.308 e. The molecule has 3 aromatic rings. The van der Waals surface area contributed by atoms with Crippen LogP contribution in [0.5, 0.6) is 0 Å². The van der Waals surface area contributed by atoms with Crippen LogP contribution in [0.1, 0.15) is 36.3 Å². The highest BCUT2D eigenvalue weighted by Gasteiger charge is 2.23. The van der Waals surface area contributed by atoms with Gasteiger partial charge in [0.05, 0.1) is 18.9 Å². The number of carbonyl (C=O) groups is 2. The van der Waals surface area contributed by atoms with Crippen molar-refractivity contribution in [2.24, 2.45) is 5.92 Å². The number of hydrogen-bond donors (Lipinski definition) is 2. The van der Waals surface area contributed by atoms with E-state index in [4.69, 9.17) is 4.74 Å². The first kappa shape index (κ1) is 22.9. The van der Waals surface area contributed by atoms with E-state index >= 15 is 0 Å². The van der Waals surface area contributed by atoms with Gasteiger partial charge in [-0.1, -0.05) is 61.5 Å². The molecule has 7 nitrogen and oxygen atoms in total. The van der Waals surface area contributed by atoms with Gasteiger partial charge < -0.3 is 15.0 Å². The van der Waals surface area contributed by atoms with Crippen LogP contribution in [0.2, 0.25) is 0 Å². The van der Waals surface area contributed by atoms with Gasteiger partial charge in [-0.3, -0.25) is 14.4 Å². The number of rotatable bonds is 9. The quantitative estimate of drug-likeness (QED) is 0.504. The third-order valence-corrected chi connectivity index (χ3v) is 5.12. The number of hydrogen-bond acceptors (Lipinski definition) is 5. The fourth-order valence-electron chi connectivity index (χ4n) is 3.50. The van der Waals surface area contributed by atoms with E-state index in [1.165, 1.54) is 6.33 Å². The summed E-state index contributed by atoms with van der Waals surface area (Å²) in [6.45, 7) is 3.84. The fraction of sp³-hybridized carbons (Fsp3) is 0.280. The number of H-pyrrole nitrogens is 1. The van der Waals surface area contributed by atoms with Crippen LogP contribution in [-0.2, 0) is 16.0 Å². The maximum absolute atomic E-state index is 12.7. The molecule has 0 aliphatic carbocycles. The topological polar surface area (TPSA) is 101 Å². The van der Waals surface area contributed by atoms with Crippen molar-refractivity contribution in [3.05, 3.63) is 88.6 Å². The molecule has 7 heteroatoms. The lowest BCUT2D eigenvalue weighted by molar-refractivity contribution is -0.147. The van der Waals surface area contributed by atoms with Crippen molar-refractivity contribution >= 4 is 11.9 Å². The lowest BCUT2D eigenvalue weighted by atomic mass is 9.94. The van der Waals surface area contributed by atoms with Gasteiger partial charge in [0.2, 0.25) is 0 Å². The molecule has 0 aliphatic rings. The Morgan fingerprint density at radius 2 is 1.75 bits per heavy atom. The zero-order valence-electron chi connectivity index (χ0n) is 18.2. The highest BCUT2D eigenvalue weighted by atomic mass is 16.5. The van der Waals surface area contributed by atoms with E-state index in [2.05, 4.69) is 15.3 Å². The molecule has 3 rings (SSSR count). The standard InChI is InChI=1S/C25H27N3O4/c1-3-32-25(31)17(2)13-21(28-24(30)22-15-23(29)27-16-26-22)14-18-9-11-20(12-10-18)19-7-5-4-6-8-19/h4-12,15-17,21H,3,13-14H2,1-2H3,(H,28,30)(H,26,27,29)/t17-,21?/m1/s1. The van der Waals surface area contributed by atoms with Crippen LogP contribution in [-0.4, -0.2) is 34.5 Å². The minimum atomic E-state index is -0.460. The molecule has 0 spiro atoms. The van der Waals surface area contributed by atoms with Crippen LogP contribution >= 0.6 is 0 Å². The monoisotopic (exact) mass is 433 g/mol. The average Bonchev–Trinajstić information content (AvgIpc) is 2.80. The molecule has 1 aromatic heterocycles. The van der Waals surface area contributed by atoms with Crippen molar-refractivity contribution in [2.75, 3.05) is 6.61 Å². The van der Waals surface area contributed by atoms with Gasteiger partial charge in [-0.2, -0.15) is 0 Å². The number of benzene rings is 2. The van der Waals surface area contributed by atoms with Crippen molar-refractivity contribution in [1.82, 2.24) is 15.3 Å². The van der Waals surface area contributed by atoms with E-state index in [9.17, 15) is 14.4 Å². The lowest BCUT2D eigenvalue weighted by Crippen LogP contribution is -2.39. The number of amides is 1. The number of nitrogens with zero attached hydrogens (tertiary/aromatic N) is 1. The summed E-state index contributed by atoms with van der Waals surface area (Å²) in [6.07, 6.45) is 2.11. The van der Waals surface area contributed by atoms with E-state index in [0.717, 1.165) is 22.8 Å². The normalized spacial score (nSPS) is 12.6. The first-order chi connectivity index (χ1) is 15.5. The van der Waals surface area contributed by atoms with Crippen LogP contribution in [0, 0.1) is 5.92 Å². The Morgan fingerprint density at radius 3 is 2.41 bits per heavy atom. The molecule has 2 atom stereocenters. The minimum absolute atomic E-state index is 0.0296. The van der Waals surface area contributed by atoms with E-state index in [-0.39, 0.29) is 17.7 Å². The lowest BCUT2D eigenvalue weighted by Gasteiger charge is -2.22. The third-order valence-electron chi connectivity index (χ3n) is 5.12. The highest BCUT2D eigenvalue weighted by molar-refractivity contribution is 5.92. The van der Waals surface area contributed by atoms with Gasteiger partial charge in [0, 0.05) is 12.1 Å². The largest absolute Gasteiger partial charge is 0.466 e. The molecule has 0 bridgehead atoms. The Morgan fingerprint density at radius 1 is 1.06 bits per heavy atom. The van der Waals surface area contributed by atoms with E-state index in [1.54, 1.807) is 13.8 Å². The van der Waals surface area contributed by atoms with Crippen molar-refractivity contribution in [1.29, 1.82) is 0 Å². The van der Waals surface area contributed by atoms with Gasteiger partial charge in [0.15, 0.2) is 0 Å². The van der Waals surface area contributed by atoms with Crippen molar-refractivity contribution in [3.63, 3.8) is 0 Å². The maximum atomic E-state index is 12.7. The zero-order valence-corrected chi connectivity index (χ0v) is 18.2. The number of esters is 1. The summed E-state index contributed by atoms with van der Waals surface area (Å²) in [4.78, 5) is 42.7. The molecule has 32 heavy (non-hydrogen) atoms. The van der Waals surface area contributed by atoms with Crippen LogP contribution in [0.3, 0.4) is 0 Å². The number of carbonyl (C=O) groups excluding carboxylic acids is 2. The summed E-state index contributed by atoms with van der Waals surface area (Å²) >= 11 is 0. The Bertz CT molecular complexity index is 1090. The molecule has 166 valence electrons. The zero-order chi connectivity index (χ0) is 22.9. The predicted molar refractivity (Wildman–Crippen MR) is 122 cm³/mol. The first-order valence-electron chi connectivity index (χ1n) is 10.6. The molecular weight excluding hydrogens is 406 g/mol. The second-order valence-corrected chi connectivity index (χ2v) is 7.62. The Hall–Kier alpha value is -3.74. The minimum Gasteiger partial charge on any atom is -0.466 e. The van der Waals surface area contributed by atoms with Gasteiger partial charge in [-0.25, -0.2) is 4.98 Å². The molecule has 2 aromatic carbocycles. The van der Waals surface area contributed by atoms with Gasteiger partial charge >= 0.3 is 5.97 Å². The molecule has 1 unspecified atom stereocenters. The summed E-state index contributed by atoms with van der Waals surface area (Å²) in [5.41, 5.74) is 2.87. The van der Waals surface area contributed by atoms with Crippen LogP contribution in [0.15, 0.2) is 71.8 Å². The molecule has 1 heterocycles. The van der Waals surface area contributed by atoms with E-state index in [1.807, 2.05) is 54.6 Å². The van der Waals surface area contributed by atoms with Crippen LogP contribution < -0.4 is 10.9 Å². The Labute approximate surface area is 186 Å². The van der Waals surface area contributed by atoms with Crippen molar-refractivity contribution in [2.45, 2.75) is 32.7 Å². The molecule has 2 N–H and O–H groups in total. The van der Waals surface area contributed by atoms with Gasteiger partial charge in [0.1, 0.15) is 5.69 Å². The molecule has 0 radical (unpaired) electrons. The summed E-state index contributed by atoms with van der Waals surface area (Å²) in [6, 6.07) is 19.0. The van der Waals surface area contributed by atoms with Gasteiger partial charge in [-0.05, 0) is 36.5 Å². The van der Waals surface area contributed by atoms with Crippen molar-refractivity contribution in [3.8, 4) is 11.1 Å². The third kappa shape index (κ3) is 6.38. The summed E-state index contributed by atoms with van der Waals surface area (Å²) in [5, 5.41) is 2.92. The molecule has 1 amide bonds. The Balaban J connectivity index is 1.76. The Kier molecular flexibility index (Phi) is 7.91. The summed E-state index contributed by atoms with van der Waals surface area (Å²) in [7, 11) is 0. The summed E-state index contributed by atoms with van der Waals surface area (Å²) < 4.78 is 5.12. The highest BCUT2D eigenvalue weighted by Crippen LogP contribution is 2.21. The predicted octanol–water partition coefficient (Wildman–Crippen LogP) is 3.37. The van der Waals surface area contributed by atoms with E-state index in [0.29, 0.717) is 19.4 Å². The second kappa shape index (κ2) is 11.0. The first-order valence-corrected chi connectivity index (χ1v) is 10.6. The number of ether oxygens (including phenoxy) is 1. The van der Waals surface area contributed by atoms with E-state index < -0.39 is 17.4 Å². The second-order valence-electron chi connectivity index (χ2n) is 7.62. The molecule has 0 aliphatic heterocycles. The van der Waals surface area contributed by atoms with Crippen LogP contribution in [0.25, 0.3) is 11.1 Å². The van der Waals surface area contributed by atoms with Gasteiger partial charge in [-0.15, -0.1) is 0 Å². The molecule has 0 saturated heterocycles. The number of aromatic amines is 1. The number of aromatic nitrogens is 2. The van der Waals surface area contributed by atoms with Crippen LogP contribution in [0.4, 0.5) is 0 Å². The van der Waals surface area contributed by atoms with Gasteiger partial charge in [0.25, 0.3) is 11.5 Å². The number of nitrogens with one attached hydrogen (secondary N) is 2. The molecular formula is C25H27N3O4.